The summed E-state index contributed by atoms with van der Waals surface area (Å²) in [5.41, 5.74) is 0. The van der Waals surface area contributed by atoms with Crippen LogP contribution in [0.2, 0.25) is 0 Å². The van der Waals surface area contributed by atoms with Crippen molar-refractivity contribution in [2.75, 3.05) is 44.9 Å². The minimum Gasteiger partial charge on any atom is -0.383 e. The number of aromatic nitrogens is 2. The third kappa shape index (κ3) is 8.00. The molecule has 1 heterocycles. The lowest BCUT2D eigenvalue weighted by molar-refractivity contribution is -0.128. The molecule has 0 aliphatic heterocycles. The summed E-state index contributed by atoms with van der Waals surface area (Å²) >= 11 is 4.12. The average molecular weight is 379 g/mol. The number of nitrogens with one attached hydrogen (secondary N) is 1. The van der Waals surface area contributed by atoms with Crippen LogP contribution in [0.1, 0.15) is 13.8 Å². The molecule has 130 valence electrons. The fraction of sp³-hybridized carbons (Fsp3) is 0.692. The van der Waals surface area contributed by atoms with Gasteiger partial charge in [-0.05, 0) is 13.8 Å². The first-order chi connectivity index (χ1) is 11.1. The molecule has 0 spiro atoms. The Balaban J connectivity index is 2.31. The Bertz CT molecular complexity index is 495. The molecule has 0 bridgehead atoms. The van der Waals surface area contributed by atoms with E-state index in [2.05, 4.69) is 15.5 Å². The summed E-state index contributed by atoms with van der Waals surface area (Å²) < 4.78 is 6.33. The van der Waals surface area contributed by atoms with Gasteiger partial charge < -0.3 is 15.0 Å². The van der Waals surface area contributed by atoms with Gasteiger partial charge in [0.2, 0.25) is 11.8 Å². The van der Waals surface area contributed by atoms with Crippen LogP contribution in [0.4, 0.5) is 0 Å². The Hall–Kier alpha value is -0.840. The van der Waals surface area contributed by atoms with Crippen molar-refractivity contribution in [1.29, 1.82) is 0 Å². The van der Waals surface area contributed by atoms with E-state index in [9.17, 15) is 9.59 Å². The lowest BCUT2D eigenvalue weighted by Crippen LogP contribution is -2.31. The zero-order valence-corrected chi connectivity index (χ0v) is 16.0. The number of rotatable bonds is 11. The number of nitrogens with zero attached hydrogens (tertiary/aromatic N) is 3. The fourth-order valence-electron chi connectivity index (χ4n) is 1.58. The van der Waals surface area contributed by atoms with Gasteiger partial charge in [0.05, 0.1) is 18.1 Å². The topological polar surface area (TPSA) is 84.4 Å². The van der Waals surface area contributed by atoms with Crippen LogP contribution in [0.3, 0.4) is 0 Å². The zero-order valence-electron chi connectivity index (χ0n) is 13.5. The highest BCUT2D eigenvalue weighted by Gasteiger charge is 2.13. The summed E-state index contributed by atoms with van der Waals surface area (Å²) in [4.78, 5) is 25.3. The van der Waals surface area contributed by atoms with Crippen LogP contribution in [0.25, 0.3) is 0 Å². The van der Waals surface area contributed by atoms with Crippen LogP contribution in [0, 0.1) is 0 Å². The molecule has 0 aromatic carbocycles. The van der Waals surface area contributed by atoms with Gasteiger partial charge in [-0.3, -0.25) is 9.59 Å². The molecular weight excluding hydrogens is 356 g/mol. The van der Waals surface area contributed by atoms with E-state index in [1.54, 1.807) is 12.0 Å². The van der Waals surface area contributed by atoms with Crippen molar-refractivity contribution in [3.05, 3.63) is 0 Å². The van der Waals surface area contributed by atoms with Crippen LogP contribution in [-0.2, 0) is 14.3 Å². The Kier molecular flexibility index (Phi) is 10.2. The molecule has 0 aliphatic rings. The zero-order chi connectivity index (χ0) is 17.1. The van der Waals surface area contributed by atoms with Gasteiger partial charge >= 0.3 is 0 Å². The first-order valence-corrected chi connectivity index (χ1v) is 10.0. The van der Waals surface area contributed by atoms with Crippen molar-refractivity contribution in [2.45, 2.75) is 22.5 Å². The van der Waals surface area contributed by atoms with Crippen molar-refractivity contribution in [2.24, 2.45) is 0 Å². The van der Waals surface area contributed by atoms with Gasteiger partial charge in [-0.25, -0.2) is 0 Å². The molecule has 7 nitrogen and oxygen atoms in total. The standard InChI is InChI=1S/C13H22N4O3S3/c1-4-17(5-2)11(19)9-22-13-16-15-12(23-13)21-8-10(18)14-6-7-20-3/h4-9H2,1-3H3,(H,14,18). The molecule has 0 saturated heterocycles. The molecule has 0 fully saturated rings. The van der Waals surface area contributed by atoms with E-state index in [1.165, 1.54) is 34.9 Å². The van der Waals surface area contributed by atoms with E-state index in [4.69, 9.17) is 4.74 Å². The molecule has 0 radical (unpaired) electrons. The van der Waals surface area contributed by atoms with E-state index in [0.29, 0.717) is 37.7 Å². The molecule has 1 N–H and O–H groups in total. The first kappa shape index (κ1) is 20.2. The maximum absolute atomic E-state index is 11.9. The second kappa shape index (κ2) is 11.7. The SMILES string of the molecule is CCN(CC)C(=O)CSc1nnc(SCC(=O)NCCOC)s1. The quantitative estimate of drug-likeness (QED) is 0.460. The number of hydrogen-bond donors (Lipinski definition) is 1. The van der Waals surface area contributed by atoms with Crippen molar-refractivity contribution in [3.63, 3.8) is 0 Å². The van der Waals surface area contributed by atoms with E-state index in [1.807, 2.05) is 13.8 Å². The highest BCUT2D eigenvalue weighted by molar-refractivity contribution is 8.03. The monoisotopic (exact) mass is 378 g/mol. The van der Waals surface area contributed by atoms with Gasteiger partial charge in [0.15, 0.2) is 8.68 Å². The Morgan fingerprint density at radius 3 is 2.35 bits per heavy atom. The lowest BCUT2D eigenvalue weighted by Gasteiger charge is -2.17. The highest BCUT2D eigenvalue weighted by atomic mass is 32.2. The van der Waals surface area contributed by atoms with Crippen LogP contribution < -0.4 is 5.32 Å². The number of amides is 2. The number of methoxy groups -OCH3 is 1. The van der Waals surface area contributed by atoms with Gasteiger partial charge in [0.1, 0.15) is 0 Å². The summed E-state index contributed by atoms with van der Waals surface area (Å²) in [6.07, 6.45) is 0. The Morgan fingerprint density at radius 2 is 1.78 bits per heavy atom. The summed E-state index contributed by atoms with van der Waals surface area (Å²) in [6, 6.07) is 0. The third-order valence-electron chi connectivity index (χ3n) is 2.78. The van der Waals surface area contributed by atoms with Crippen molar-refractivity contribution >= 4 is 46.7 Å². The van der Waals surface area contributed by atoms with Crippen LogP contribution in [0.15, 0.2) is 8.68 Å². The van der Waals surface area contributed by atoms with E-state index in [-0.39, 0.29) is 11.8 Å². The molecule has 0 unspecified atom stereocenters. The van der Waals surface area contributed by atoms with Gasteiger partial charge in [-0.15, -0.1) is 10.2 Å². The minimum atomic E-state index is -0.0619. The molecular formula is C13H22N4O3S3. The van der Waals surface area contributed by atoms with Gasteiger partial charge in [0.25, 0.3) is 0 Å². The number of carbonyl (C=O) groups is 2. The second-order valence-electron chi connectivity index (χ2n) is 4.32. The third-order valence-corrected chi connectivity index (χ3v) is 5.95. The predicted octanol–water partition coefficient (Wildman–Crippen LogP) is 1.35. The van der Waals surface area contributed by atoms with Crippen LogP contribution >= 0.6 is 34.9 Å². The Labute approximate surface area is 148 Å². The fourth-order valence-corrected chi connectivity index (χ4v) is 4.33. The van der Waals surface area contributed by atoms with Crippen molar-refractivity contribution in [3.8, 4) is 0 Å². The average Bonchev–Trinajstić information content (AvgIpc) is 3.00. The van der Waals surface area contributed by atoms with Gasteiger partial charge in [-0.2, -0.15) is 0 Å². The van der Waals surface area contributed by atoms with Crippen molar-refractivity contribution in [1.82, 2.24) is 20.4 Å². The molecule has 1 aromatic heterocycles. The highest BCUT2D eigenvalue weighted by Crippen LogP contribution is 2.28. The first-order valence-electron chi connectivity index (χ1n) is 7.23. The largest absolute Gasteiger partial charge is 0.383 e. The second-order valence-corrected chi connectivity index (χ2v) is 7.74. The number of thioether (sulfide) groups is 2. The predicted molar refractivity (Wildman–Crippen MR) is 94.2 cm³/mol. The van der Waals surface area contributed by atoms with E-state index < -0.39 is 0 Å². The van der Waals surface area contributed by atoms with Gasteiger partial charge in [-0.1, -0.05) is 34.9 Å². The summed E-state index contributed by atoms with van der Waals surface area (Å²) in [6.45, 7) is 6.35. The number of hydrogen-bond acceptors (Lipinski definition) is 8. The molecule has 1 rings (SSSR count). The summed E-state index contributed by atoms with van der Waals surface area (Å²) in [5.74, 6) is 0.690. The van der Waals surface area contributed by atoms with Gasteiger partial charge in [0, 0.05) is 26.7 Å². The molecule has 2 amide bonds. The number of carbonyl (C=O) groups excluding carboxylic acids is 2. The molecule has 23 heavy (non-hydrogen) atoms. The molecule has 1 aromatic rings. The molecule has 0 aliphatic carbocycles. The lowest BCUT2D eigenvalue weighted by atomic mass is 10.5. The molecule has 10 heteroatoms. The normalized spacial score (nSPS) is 10.6. The minimum absolute atomic E-state index is 0.0619. The number of ether oxygens (including phenoxy) is 1. The maximum atomic E-state index is 11.9. The molecule has 0 atom stereocenters. The Morgan fingerprint density at radius 1 is 1.17 bits per heavy atom. The van der Waals surface area contributed by atoms with E-state index >= 15 is 0 Å². The maximum Gasteiger partial charge on any atom is 0.233 e. The summed E-state index contributed by atoms with van der Waals surface area (Å²) in [7, 11) is 1.59. The van der Waals surface area contributed by atoms with E-state index in [0.717, 1.165) is 8.68 Å². The van der Waals surface area contributed by atoms with Crippen LogP contribution in [-0.4, -0.2) is 71.8 Å². The van der Waals surface area contributed by atoms with Crippen molar-refractivity contribution < 1.29 is 14.3 Å². The van der Waals surface area contributed by atoms with Crippen LogP contribution in [0.5, 0.6) is 0 Å². The smallest absolute Gasteiger partial charge is 0.233 e. The molecule has 0 saturated carbocycles. The summed E-state index contributed by atoms with van der Waals surface area (Å²) in [5, 5.41) is 10.8.